The van der Waals surface area contributed by atoms with Crippen LogP contribution in [0.1, 0.15) is 12.7 Å². The summed E-state index contributed by atoms with van der Waals surface area (Å²) in [5.41, 5.74) is 7.29. The van der Waals surface area contributed by atoms with Crippen LogP contribution in [0.25, 0.3) is 11.0 Å². The highest BCUT2D eigenvalue weighted by Gasteiger charge is 2.07. The molecule has 0 aliphatic rings. The third-order valence-electron chi connectivity index (χ3n) is 2.28. The molecule has 5 nitrogen and oxygen atoms in total. The predicted octanol–water partition coefficient (Wildman–Crippen LogP) is 0.526. The summed E-state index contributed by atoms with van der Waals surface area (Å²) >= 11 is 0. The van der Waals surface area contributed by atoms with E-state index in [0.717, 1.165) is 16.9 Å². The van der Waals surface area contributed by atoms with Crippen molar-refractivity contribution in [3.05, 3.63) is 30.1 Å². The number of nitrogens with one attached hydrogen (secondary N) is 2. The zero-order valence-electron chi connectivity index (χ0n) is 9.03. The van der Waals surface area contributed by atoms with Crippen LogP contribution in [-0.4, -0.2) is 21.9 Å². The molecule has 2 aromatic rings. The molecule has 0 aliphatic heterocycles. The minimum atomic E-state index is -0.496. The van der Waals surface area contributed by atoms with Crippen LogP contribution in [0.3, 0.4) is 0 Å². The predicted molar refractivity (Wildman–Crippen MR) is 61.6 cm³/mol. The van der Waals surface area contributed by atoms with E-state index in [-0.39, 0.29) is 5.91 Å². The van der Waals surface area contributed by atoms with Crippen LogP contribution < -0.4 is 11.1 Å². The van der Waals surface area contributed by atoms with Gasteiger partial charge in [-0.25, -0.2) is 4.98 Å². The van der Waals surface area contributed by atoms with Crippen LogP contribution in [0.2, 0.25) is 0 Å². The molecule has 0 unspecified atom stereocenters. The fourth-order valence-corrected chi connectivity index (χ4v) is 1.42. The summed E-state index contributed by atoms with van der Waals surface area (Å²) in [6.07, 6.45) is 0. The minimum absolute atomic E-state index is 0.180. The van der Waals surface area contributed by atoms with Crippen molar-refractivity contribution in [2.75, 3.05) is 0 Å². The first-order valence-corrected chi connectivity index (χ1v) is 5.14. The van der Waals surface area contributed by atoms with Crippen LogP contribution in [0.15, 0.2) is 24.3 Å². The Labute approximate surface area is 93.1 Å². The first kappa shape index (κ1) is 10.6. The smallest absolute Gasteiger partial charge is 0.237 e. The Morgan fingerprint density at radius 3 is 3.00 bits per heavy atom. The molecule has 4 N–H and O–H groups in total. The Morgan fingerprint density at radius 1 is 1.56 bits per heavy atom. The van der Waals surface area contributed by atoms with Gasteiger partial charge in [0, 0.05) is 0 Å². The molecule has 1 atom stereocenters. The van der Waals surface area contributed by atoms with Gasteiger partial charge < -0.3 is 16.0 Å². The summed E-state index contributed by atoms with van der Waals surface area (Å²) in [6, 6.07) is 7.23. The zero-order chi connectivity index (χ0) is 11.5. The van der Waals surface area contributed by atoms with Gasteiger partial charge in [0.05, 0.1) is 23.6 Å². The van der Waals surface area contributed by atoms with Gasteiger partial charge in [-0.1, -0.05) is 12.1 Å². The maximum atomic E-state index is 11.3. The van der Waals surface area contributed by atoms with Crippen LogP contribution >= 0.6 is 0 Å². The first-order valence-electron chi connectivity index (χ1n) is 5.14. The molecule has 1 aromatic carbocycles. The number of hydrogen-bond donors (Lipinski definition) is 3. The van der Waals surface area contributed by atoms with Crippen LogP contribution in [-0.2, 0) is 11.3 Å². The molecule has 1 heterocycles. The molecule has 0 saturated heterocycles. The topological polar surface area (TPSA) is 83.8 Å². The first-order chi connectivity index (χ1) is 7.66. The molecule has 16 heavy (non-hydrogen) atoms. The molecule has 84 valence electrons. The summed E-state index contributed by atoms with van der Waals surface area (Å²) in [4.78, 5) is 18.7. The number of aromatic nitrogens is 2. The Hall–Kier alpha value is -1.88. The van der Waals surface area contributed by atoms with Crippen molar-refractivity contribution < 1.29 is 4.79 Å². The number of imidazole rings is 1. The SMILES string of the molecule is C[C@@H](N)C(=O)NCc1nc2ccccc2[nH]1. The molecule has 1 amide bonds. The Morgan fingerprint density at radius 2 is 2.31 bits per heavy atom. The van der Waals surface area contributed by atoms with Gasteiger partial charge in [-0.2, -0.15) is 0 Å². The lowest BCUT2D eigenvalue weighted by molar-refractivity contribution is -0.122. The number of benzene rings is 1. The second-order valence-corrected chi connectivity index (χ2v) is 3.71. The average molecular weight is 218 g/mol. The van der Waals surface area contributed by atoms with E-state index in [0.29, 0.717) is 6.54 Å². The van der Waals surface area contributed by atoms with E-state index in [2.05, 4.69) is 15.3 Å². The Balaban J connectivity index is 2.07. The summed E-state index contributed by atoms with van der Waals surface area (Å²) in [7, 11) is 0. The standard InChI is InChI=1S/C11H14N4O/c1-7(12)11(16)13-6-10-14-8-4-2-3-5-9(8)15-10/h2-5,7H,6,12H2,1H3,(H,13,16)(H,14,15)/t7-/m1/s1. The fourth-order valence-electron chi connectivity index (χ4n) is 1.42. The monoisotopic (exact) mass is 218 g/mol. The van der Waals surface area contributed by atoms with Gasteiger partial charge in [0.2, 0.25) is 5.91 Å². The van der Waals surface area contributed by atoms with Gasteiger partial charge in [-0.15, -0.1) is 0 Å². The van der Waals surface area contributed by atoms with Crippen molar-refractivity contribution in [1.82, 2.24) is 15.3 Å². The van der Waals surface area contributed by atoms with E-state index in [1.807, 2.05) is 24.3 Å². The van der Waals surface area contributed by atoms with Crippen LogP contribution in [0.5, 0.6) is 0 Å². The number of rotatable bonds is 3. The third-order valence-corrected chi connectivity index (χ3v) is 2.28. The molecule has 0 aliphatic carbocycles. The normalized spacial score (nSPS) is 12.6. The van der Waals surface area contributed by atoms with Crippen LogP contribution in [0.4, 0.5) is 0 Å². The van der Waals surface area contributed by atoms with E-state index >= 15 is 0 Å². The molecule has 2 rings (SSSR count). The van der Waals surface area contributed by atoms with Gasteiger partial charge in [-0.3, -0.25) is 4.79 Å². The van der Waals surface area contributed by atoms with Gasteiger partial charge in [0.25, 0.3) is 0 Å². The number of carbonyl (C=O) groups is 1. The van der Waals surface area contributed by atoms with Crippen molar-refractivity contribution in [3.63, 3.8) is 0 Å². The molecule has 0 radical (unpaired) electrons. The molecule has 0 fully saturated rings. The third kappa shape index (κ3) is 2.20. The Bertz CT molecular complexity index is 470. The lowest BCUT2D eigenvalue weighted by Gasteiger charge is -2.05. The number of carbonyl (C=O) groups excluding carboxylic acids is 1. The van der Waals surface area contributed by atoms with E-state index in [1.54, 1.807) is 6.92 Å². The maximum absolute atomic E-state index is 11.3. The molecule has 0 bridgehead atoms. The number of nitrogens with two attached hydrogens (primary N) is 1. The van der Waals surface area contributed by atoms with Crippen LogP contribution in [0, 0.1) is 0 Å². The number of H-pyrrole nitrogens is 1. The highest BCUT2D eigenvalue weighted by Crippen LogP contribution is 2.09. The number of para-hydroxylation sites is 2. The Kier molecular flexibility index (Phi) is 2.87. The van der Waals surface area contributed by atoms with E-state index in [1.165, 1.54) is 0 Å². The van der Waals surface area contributed by atoms with E-state index < -0.39 is 6.04 Å². The summed E-state index contributed by atoms with van der Waals surface area (Å²) < 4.78 is 0. The maximum Gasteiger partial charge on any atom is 0.237 e. The highest BCUT2D eigenvalue weighted by molar-refractivity contribution is 5.81. The second kappa shape index (κ2) is 4.32. The second-order valence-electron chi connectivity index (χ2n) is 3.71. The van der Waals surface area contributed by atoms with Crippen molar-refractivity contribution in [3.8, 4) is 0 Å². The van der Waals surface area contributed by atoms with E-state index in [4.69, 9.17) is 5.73 Å². The minimum Gasteiger partial charge on any atom is -0.348 e. The number of aromatic amines is 1. The van der Waals surface area contributed by atoms with Crippen molar-refractivity contribution in [1.29, 1.82) is 0 Å². The van der Waals surface area contributed by atoms with Gasteiger partial charge >= 0.3 is 0 Å². The average Bonchev–Trinajstić information content (AvgIpc) is 2.68. The number of fused-ring (bicyclic) bond motifs is 1. The number of nitrogens with zero attached hydrogens (tertiary/aromatic N) is 1. The number of amides is 1. The van der Waals surface area contributed by atoms with E-state index in [9.17, 15) is 4.79 Å². The molecule has 5 heteroatoms. The lowest BCUT2D eigenvalue weighted by atomic mass is 10.3. The molecule has 0 saturated carbocycles. The molecule has 0 spiro atoms. The zero-order valence-corrected chi connectivity index (χ0v) is 9.03. The largest absolute Gasteiger partial charge is 0.348 e. The number of hydrogen-bond acceptors (Lipinski definition) is 3. The van der Waals surface area contributed by atoms with Crippen molar-refractivity contribution in [2.24, 2.45) is 5.73 Å². The van der Waals surface area contributed by atoms with Crippen molar-refractivity contribution in [2.45, 2.75) is 19.5 Å². The summed E-state index contributed by atoms with van der Waals surface area (Å²) in [6.45, 7) is 2.02. The quantitative estimate of drug-likeness (QED) is 0.702. The van der Waals surface area contributed by atoms with Gasteiger partial charge in [-0.05, 0) is 19.1 Å². The highest BCUT2D eigenvalue weighted by atomic mass is 16.2. The lowest BCUT2D eigenvalue weighted by Crippen LogP contribution is -2.38. The molecular weight excluding hydrogens is 204 g/mol. The fraction of sp³-hybridized carbons (Fsp3) is 0.273. The van der Waals surface area contributed by atoms with Gasteiger partial charge in [0.15, 0.2) is 0 Å². The summed E-state index contributed by atoms with van der Waals surface area (Å²) in [5, 5.41) is 2.70. The van der Waals surface area contributed by atoms with Gasteiger partial charge in [0.1, 0.15) is 5.82 Å². The molecule has 1 aromatic heterocycles. The molecular formula is C11H14N4O. The summed E-state index contributed by atoms with van der Waals surface area (Å²) in [5.74, 6) is 0.552. The van der Waals surface area contributed by atoms with Crippen molar-refractivity contribution >= 4 is 16.9 Å².